The number of carbonyl (C=O) groups excluding carboxylic acids is 2. The zero-order chi connectivity index (χ0) is 19.6. The van der Waals surface area contributed by atoms with E-state index in [9.17, 15) is 14.0 Å². The number of amidine groups is 1. The molecule has 0 bridgehead atoms. The first-order valence-corrected chi connectivity index (χ1v) is 9.44. The van der Waals surface area contributed by atoms with Crippen LogP contribution in [0.15, 0.2) is 47.5 Å². The van der Waals surface area contributed by atoms with Gasteiger partial charge >= 0.3 is 0 Å². The van der Waals surface area contributed by atoms with Crippen LogP contribution >= 0.6 is 23.4 Å². The predicted octanol–water partition coefficient (Wildman–Crippen LogP) is 4.38. The molecule has 5 nitrogen and oxygen atoms in total. The van der Waals surface area contributed by atoms with Crippen molar-refractivity contribution in [2.45, 2.75) is 18.6 Å². The summed E-state index contributed by atoms with van der Waals surface area (Å²) in [6.45, 7) is 1.88. The summed E-state index contributed by atoms with van der Waals surface area (Å²) < 4.78 is 13.8. The van der Waals surface area contributed by atoms with Gasteiger partial charge in [-0.1, -0.05) is 41.6 Å². The van der Waals surface area contributed by atoms with Gasteiger partial charge in [-0.25, -0.2) is 9.38 Å². The molecule has 1 unspecified atom stereocenters. The average Bonchev–Trinajstić information content (AvgIpc) is 2.63. The summed E-state index contributed by atoms with van der Waals surface area (Å²) in [6.07, 6.45) is 0.00905. The molecule has 1 aliphatic heterocycles. The number of benzene rings is 2. The van der Waals surface area contributed by atoms with Crippen LogP contribution in [0.1, 0.15) is 12.0 Å². The normalized spacial score (nSPS) is 18.7. The molecular formula is C19H17ClFN3O2S. The van der Waals surface area contributed by atoms with Gasteiger partial charge in [-0.15, -0.1) is 0 Å². The van der Waals surface area contributed by atoms with Crippen LogP contribution in [0.2, 0.25) is 5.02 Å². The molecule has 0 aliphatic carbocycles. The van der Waals surface area contributed by atoms with Gasteiger partial charge in [-0.3, -0.25) is 14.5 Å². The van der Waals surface area contributed by atoms with Crippen LogP contribution in [0.3, 0.4) is 0 Å². The van der Waals surface area contributed by atoms with Crippen molar-refractivity contribution in [1.82, 2.24) is 4.90 Å². The Hall–Kier alpha value is -2.38. The lowest BCUT2D eigenvalue weighted by Crippen LogP contribution is -2.43. The van der Waals surface area contributed by atoms with Crippen LogP contribution in [-0.4, -0.2) is 34.2 Å². The van der Waals surface area contributed by atoms with E-state index in [-0.39, 0.29) is 18.0 Å². The zero-order valence-electron chi connectivity index (χ0n) is 14.7. The Labute approximate surface area is 165 Å². The molecular weight excluding hydrogens is 389 g/mol. The minimum absolute atomic E-state index is 0.00905. The molecule has 27 heavy (non-hydrogen) atoms. The number of thioether (sulfide) groups is 1. The van der Waals surface area contributed by atoms with Crippen LogP contribution in [-0.2, 0) is 9.59 Å². The molecule has 1 fully saturated rings. The standard InChI is InChI=1S/C19H17ClFN3O2S/c1-11-7-8-12(9-13(11)20)22-19-24(2)17(25)10-16(27-19)18(26)23-15-6-4-3-5-14(15)21/h3-9,16H,10H2,1-2H3,(H,23,26). The van der Waals surface area contributed by atoms with Crippen molar-refractivity contribution in [3.63, 3.8) is 0 Å². The van der Waals surface area contributed by atoms with E-state index in [4.69, 9.17) is 11.6 Å². The molecule has 140 valence electrons. The Morgan fingerprint density at radius 3 is 2.78 bits per heavy atom. The molecule has 8 heteroatoms. The number of carbonyl (C=O) groups is 2. The average molecular weight is 406 g/mol. The van der Waals surface area contributed by atoms with Crippen molar-refractivity contribution < 1.29 is 14.0 Å². The second-order valence-corrected chi connectivity index (χ2v) is 7.64. The molecule has 0 radical (unpaired) electrons. The lowest BCUT2D eigenvalue weighted by molar-refractivity contribution is -0.128. The minimum Gasteiger partial charge on any atom is -0.323 e. The lowest BCUT2D eigenvalue weighted by Gasteiger charge is -2.28. The Morgan fingerprint density at radius 1 is 1.33 bits per heavy atom. The summed E-state index contributed by atoms with van der Waals surface area (Å²) in [6, 6.07) is 11.2. The van der Waals surface area contributed by atoms with Crippen LogP contribution in [0.5, 0.6) is 0 Å². The van der Waals surface area contributed by atoms with Gasteiger partial charge in [0.05, 0.1) is 11.4 Å². The predicted molar refractivity (Wildman–Crippen MR) is 107 cm³/mol. The third kappa shape index (κ3) is 4.48. The monoisotopic (exact) mass is 405 g/mol. The van der Waals surface area contributed by atoms with Crippen molar-refractivity contribution in [3.05, 3.63) is 58.9 Å². The third-order valence-corrected chi connectivity index (χ3v) is 5.72. The maximum atomic E-state index is 13.8. The van der Waals surface area contributed by atoms with Gasteiger partial charge < -0.3 is 5.32 Å². The molecule has 2 aromatic carbocycles. The molecule has 2 amide bonds. The molecule has 2 aromatic rings. The van der Waals surface area contributed by atoms with Gasteiger partial charge in [-0.05, 0) is 36.8 Å². The van der Waals surface area contributed by atoms with Crippen LogP contribution < -0.4 is 5.32 Å². The second kappa shape index (κ2) is 8.10. The first kappa shape index (κ1) is 19.4. The second-order valence-electron chi connectivity index (χ2n) is 6.06. The number of nitrogens with one attached hydrogen (secondary N) is 1. The number of amides is 2. The number of hydrogen-bond donors (Lipinski definition) is 1. The molecule has 0 aromatic heterocycles. The number of aliphatic imine (C=N–C) groups is 1. The van der Waals surface area contributed by atoms with E-state index >= 15 is 0 Å². The number of hydrogen-bond acceptors (Lipinski definition) is 4. The maximum Gasteiger partial charge on any atom is 0.238 e. The van der Waals surface area contributed by atoms with Crippen molar-refractivity contribution in [2.75, 3.05) is 12.4 Å². The lowest BCUT2D eigenvalue weighted by atomic mass is 10.2. The Morgan fingerprint density at radius 2 is 2.07 bits per heavy atom. The fraction of sp³-hybridized carbons (Fsp3) is 0.211. The molecule has 1 heterocycles. The number of anilines is 1. The van der Waals surface area contributed by atoms with Crippen molar-refractivity contribution in [1.29, 1.82) is 0 Å². The van der Waals surface area contributed by atoms with Crippen LogP contribution in [0.4, 0.5) is 15.8 Å². The van der Waals surface area contributed by atoms with E-state index in [1.165, 1.54) is 23.1 Å². The summed E-state index contributed by atoms with van der Waals surface area (Å²) in [7, 11) is 1.61. The molecule has 1 aliphatic rings. The van der Waals surface area contributed by atoms with E-state index in [1.807, 2.05) is 13.0 Å². The highest BCUT2D eigenvalue weighted by molar-refractivity contribution is 8.15. The molecule has 1 saturated heterocycles. The van der Waals surface area contributed by atoms with Gasteiger partial charge in [0, 0.05) is 18.5 Å². The third-order valence-electron chi connectivity index (χ3n) is 4.07. The van der Waals surface area contributed by atoms with Gasteiger partial charge in [0.15, 0.2) is 5.17 Å². The number of rotatable bonds is 3. The van der Waals surface area contributed by atoms with Crippen LogP contribution in [0, 0.1) is 12.7 Å². The van der Waals surface area contributed by atoms with Gasteiger partial charge in [0.1, 0.15) is 11.1 Å². The highest BCUT2D eigenvalue weighted by Gasteiger charge is 2.34. The Kier molecular flexibility index (Phi) is 5.82. The number of para-hydroxylation sites is 1. The molecule has 3 rings (SSSR count). The fourth-order valence-corrected chi connectivity index (χ4v) is 3.67. The van der Waals surface area contributed by atoms with E-state index < -0.39 is 17.0 Å². The van der Waals surface area contributed by atoms with E-state index in [0.29, 0.717) is 15.9 Å². The summed E-state index contributed by atoms with van der Waals surface area (Å²) in [5, 5.41) is 2.79. The summed E-state index contributed by atoms with van der Waals surface area (Å²) in [5.74, 6) is -1.21. The quantitative estimate of drug-likeness (QED) is 0.824. The molecule has 0 spiro atoms. The first-order chi connectivity index (χ1) is 12.8. The zero-order valence-corrected chi connectivity index (χ0v) is 16.3. The van der Waals surface area contributed by atoms with Crippen molar-refractivity contribution in [3.8, 4) is 0 Å². The summed E-state index contributed by atoms with van der Waals surface area (Å²) in [5.41, 5.74) is 1.59. The number of aryl methyl sites for hydroxylation is 1. The molecule has 1 atom stereocenters. The highest BCUT2D eigenvalue weighted by Crippen LogP contribution is 2.30. The van der Waals surface area contributed by atoms with Crippen molar-refractivity contribution in [2.24, 2.45) is 4.99 Å². The van der Waals surface area contributed by atoms with Gasteiger partial charge in [0.25, 0.3) is 0 Å². The molecule has 0 saturated carbocycles. The van der Waals surface area contributed by atoms with Gasteiger partial charge in [0.2, 0.25) is 11.8 Å². The molecule has 1 N–H and O–H groups in total. The van der Waals surface area contributed by atoms with E-state index in [1.54, 1.807) is 25.2 Å². The largest absolute Gasteiger partial charge is 0.323 e. The minimum atomic E-state index is -0.701. The SMILES string of the molecule is Cc1ccc(N=C2SC(C(=O)Nc3ccccc3F)CC(=O)N2C)cc1Cl. The number of nitrogens with zero attached hydrogens (tertiary/aromatic N) is 2. The fourth-order valence-electron chi connectivity index (χ4n) is 2.44. The summed E-state index contributed by atoms with van der Waals surface area (Å²) >= 11 is 7.28. The van der Waals surface area contributed by atoms with Gasteiger partial charge in [-0.2, -0.15) is 0 Å². The Balaban J connectivity index is 1.81. The maximum absolute atomic E-state index is 13.8. The topological polar surface area (TPSA) is 61.8 Å². The Bertz CT molecular complexity index is 935. The first-order valence-electron chi connectivity index (χ1n) is 8.18. The number of halogens is 2. The van der Waals surface area contributed by atoms with Crippen LogP contribution in [0.25, 0.3) is 0 Å². The smallest absolute Gasteiger partial charge is 0.238 e. The summed E-state index contributed by atoms with van der Waals surface area (Å²) in [4.78, 5) is 30.7. The van der Waals surface area contributed by atoms with E-state index in [2.05, 4.69) is 10.3 Å². The highest BCUT2D eigenvalue weighted by atomic mass is 35.5. The van der Waals surface area contributed by atoms with E-state index in [0.717, 1.165) is 17.3 Å². The van der Waals surface area contributed by atoms with Crippen molar-refractivity contribution >= 4 is 51.7 Å².